The van der Waals surface area contributed by atoms with Crippen molar-refractivity contribution in [3.8, 4) is 11.5 Å². The molecule has 1 fully saturated rings. The number of ether oxygens (including phenoxy) is 2. The number of halogens is 1. The molecule has 148 valence electrons. The van der Waals surface area contributed by atoms with Crippen LogP contribution in [0.4, 0.5) is 0 Å². The molecule has 0 aliphatic carbocycles. The van der Waals surface area contributed by atoms with Crippen LogP contribution in [0.5, 0.6) is 11.5 Å². The number of nitrogens with zero attached hydrogens (tertiary/aromatic N) is 1. The number of hydrogen-bond donors (Lipinski definition) is 1. The molecule has 1 unspecified atom stereocenters. The lowest BCUT2D eigenvalue weighted by Crippen LogP contribution is -2.45. The van der Waals surface area contributed by atoms with Gasteiger partial charge in [0.2, 0.25) is 5.91 Å². The topological polar surface area (TPSA) is 67.9 Å². The smallest absolute Gasteiger partial charge is 0.263 e. The van der Waals surface area contributed by atoms with Gasteiger partial charge in [0.15, 0.2) is 11.5 Å². The summed E-state index contributed by atoms with van der Waals surface area (Å²) < 4.78 is 11.1. The second kappa shape index (κ2) is 8.41. The highest BCUT2D eigenvalue weighted by molar-refractivity contribution is 7.12. The number of thiophene rings is 1. The molecule has 1 saturated heterocycles. The van der Waals surface area contributed by atoms with E-state index < -0.39 is 0 Å². The SMILES string of the molecule is O=C(NCc1cc(Cl)c2c(c1)OCCO2)C1CCCN(C(=O)c2cccs2)C1. The van der Waals surface area contributed by atoms with E-state index in [4.69, 9.17) is 21.1 Å². The lowest BCUT2D eigenvalue weighted by Gasteiger charge is -2.31. The molecule has 6 nitrogen and oxygen atoms in total. The molecule has 2 aliphatic rings. The number of piperidine rings is 1. The lowest BCUT2D eigenvalue weighted by molar-refractivity contribution is -0.126. The minimum atomic E-state index is -0.203. The van der Waals surface area contributed by atoms with Crippen LogP contribution >= 0.6 is 22.9 Å². The molecule has 1 atom stereocenters. The first-order valence-electron chi connectivity index (χ1n) is 9.30. The molecule has 1 aromatic carbocycles. The van der Waals surface area contributed by atoms with Crippen LogP contribution in [0.3, 0.4) is 0 Å². The largest absolute Gasteiger partial charge is 0.486 e. The predicted molar refractivity (Wildman–Crippen MR) is 107 cm³/mol. The molecule has 0 bridgehead atoms. The van der Waals surface area contributed by atoms with Gasteiger partial charge in [-0.3, -0.25) is 9.59 Å². The zero-order chi connectivity index (χ0) is 19.5. The van der Waals surface area contributed by atoms with Crippen LogP contribution in [-0.2, 0) is 11.3 Å². The van der Waals surface area contributed by atoms with Crippen molar-refractivity contribution in [2.75, 3.05) is 26.3 Å². The summed E-state index contributed by atoms with van der Waals surface area (Å²) in [5.41, 5.74) is 0.852. The first-order valence-corrected chi connectivity index (χ1v) is 10.6. The fourth-order valence-electron chi connectivity index (χ4n) is 3.53. The molecule has 0 saturated carbocycles. The van der Waals surface area contributed by atoms with Crippen molar-refractivity contribution >= 4 is 34.8 Å². The van der Waals surface area contributed by atoms with E-state index in [1.165, 1.54) is 11.3 Å². The molecule has 4 rings (SSSR count). The van der Waals surface area contributed by atoms with Crippen molar-refractivity contribution in [3.05, 3.63) is 45.1 Å². The quantitative estimate of drug-likeness (QED) is 0.823. The molecule has 3 heterocycles. The van der Waals surface area contributed by atoms with Crippen LogP contribution in [-0.4, -0.2) is 43.0 Å². The lowest BCUT2D eigenvalue weighted by atomic mass is 9.97. The molecule has 1 N–H and O–H groups in total. The van der Waals surface area contributed by atoms with E-state index in [1.807, 2.05) is 23.6 Å². The van der Waals surface area contributed by atoms with Crippen LogP contribution in [0.1, 0.15) is 28.1 Å². The molecule has 28 heavy (non-hydrogen) atoms. The van der Waals surface area contributed by atoms with E-state index in [0.717, 1.165) is 18.4 Å². The van der Waals surface area contributed by atoms with E-state index >= 15 is 0 Å². The van der Waals surface area contributed by atoms with Crippen LogP contribution in [0.25, 0.3) is 0 Å². The Bertz CT molecular complexity index is 871. The van der Waals surface area contributed by atoms with Gasteiger partial charge in [0.1, 0.15) is 13.2 Å². The maximum absolute atomic E-state index is 12.7. The van der Waals surface area contributed by atoms with Crippen LogP contribution in [0.2, 0.25) is 5.02 Å². The summed E-state index contributed by atoms with van der Waals surface area (Å²) in [6.07, 6.45) is 1.60. The van der Waals surface area contributed by atoms with Crippen molar-refractivity contribution in [1.82, 2.24) is 10.2 Å². The molecule has 2 aromatic rings. The van der Waals surface area contributed by atoms with Crippen LogP contribution < -0.4 is 14.8 Å². The van der Waals surface area contributed by atoms with Gasteiger partial charge in [-0.15, -0.1) is 11.3 Å². The number of amides is 2. The molecule has 1 aromatic heterocycles. The predicted octanol–water partition coefficient (Wildman–Crippen LogP) is 3.34. The van der Waals surface area contributed by atoms with Crippen molar-refractivity contribution in [3.63, 3.8) is 0 Å². The fraction of sp³-hybridized carbons (Fsp3) is 0.400. The molecule has 2 amide bonds. The van der Waals surface area contributed by atoms with Crippen LogP contribution in [0, 0.1) is 5.92 Å². The monoisotopic (exact) mass is 420 g/mol. The van der Waals surface area contributed by atoms with E-state index in [1.54, 1.807) is 11.0 Å². The normalized spacial score (nSPS) is 18.6. The molecular formula is C20H21ClN2O4S. The summed E-state index contributed by atoms with van der Waals surface area (Å²) >= 11 is 7.68. The number of carbonyl (C=O) groups excluding carboxylic acids is 2. The molecule has 2 aliphatic heterocycles. The molecular weight excluding hydrogens is 400 g/mol. The van der Waals surface area contributed by atoms with Gasteiger partial charge in [-0.25, -0.2) is 0 Å². The minimum absolute atomic E-state index is 0.00566. The second-order valence-electron chi connectivity index (χ2n) is 6.89. The summed E-state index contributed by atoms with van der Waals surface area (Å²) in [5, 5.41) is 5.33. The highest BCUT2D eigenvalue weighted by Crippen LogP contribution is 2.38. The summed E-state index contributed by atoms with van der Waals surface area (Å²) in [5.74, 6) is 0.914. The average Bonchev–Trinajstić information content (AvgIpc) is 3.26. The standard InChI is InChI=1S/C20H21ClN2O4S/c21-15-9-13(10-16-18(15)27-7-6-26-16)11-22-19(24)14-3-1-5-23(12-14)20(25)17-4-2-8-28-17/h2,4,8-10,14H,1,3,5-7,11-12H2,(H,22,24). The van der Waals surface area contributed by atoms with Gasteiger partial charge < -0.3 is 19.7 Å². The average molecular weight is 421 g/mol. The number of carbonyl (C=O) groups is 2. The van der Waals surface area contributed by atoms with Crippen molar-refractivity contribution in [1.29, 1.82) is 0 Å². The van der Waals surface area contributed by atoms with E-state index in [0.29, 0.717) is 54.2 Å². The van der Waals surface area contributed by atoms with Gasteiger partial charge in [0.25, 0.3) is 5.91 Å². The van der Waals surface area contributed by atoms with Gasteiger partial charge in [0.05, 0.1) is 15.8 Å². The number of rotatable bonds is 4. The Morgan fingerprint density at radius 2 is 2.14 bits per heavy atom. The number of hydrogen-bond acceptors (Lipinski definition) is 5. The van der Waals surface area contributed by atoms with Crippen molar-refractivity contribution < 1.29 is 19.1 Å². The van der Waals surface area contributed by atoms with E-state index in [9.17, 15) is 9.59 Å². The third kappa shape index (κ3) is 4.10. The number of likely N-dealkylation sites (tertiary alicyclic amines) is 1. The fourth-order valence-corrected chi connectivity index (χ4v) is 4.51. The first-order chi connectivity index (χ1) is 13.6. The first kappa shape index (κ1) is 19.1. The van der Waals surface area contributed by atoms with Crippen molar-refractivity contribution in [2.24, 2.45) is 5.92 Å². The zero-order valence-electron chi connectivity index (χ0n) is 15.3. The van der Waals surface area contributed by atoms with Crippen molar-refractivity contribution in [2.45, 2.75) is 19.4 Å². The Labute approximate surface area is 172 Å². The number of fused-ring (bicyclic) bond motifs is 1. The summed E-state index contributed by atoms with van der Waals surface area (Å²) in [7, 11) is 0. The Morgan fingerprint density at radius 1 is 1.29 bits per heavy atom. The molecule has 0 spiro atoms. The van der Waals surface area contributed by atoms with Gasteiger partial charge in [-0.1, -0.05) is 17.7 Å². The summed E-state index contributed by atoms with van der Waals surface area (Å²) in [4.78, 5) is 27.7. The van der Waals surface area contributed by atoms with Gasteiger partial charge in [-0.2, -0.15) is 0 Å². The van der Waals surface area contributed by atoms with Gasteiger partial charge in [0, 0.05) is 19.6 Å². The maximum Gasteiger partial charge on any atom is 0.263 e. The Kier molecular flexibility index (Phi) is 5.73. The van der Waals surface area contributed by atoms with E-state index in [2.05, 4.69) is 5.32 Å². The number of benzene rings is 1. The second-order valence-corrected chi connectivity index (χ2v) is 8.24. The van der Waals surface area contributed by atoms with Gasteiger partial charge >= 0.3 is 0 Å². The maximum atomic E-state index is 12.7. The highest BCUT2D eigenvalue weighted by Gasteiger charge is 2.29. The third-order valence-corrected chi connectivity index (χ3v) is 6.07. The Hall–Kier alpha value is -2.25. The third-order valence-electron chi connectivity index (χ3n) is 4.93. The van der Waals surface area contributed by atoms with E-state index in [-0.39, 0.29) is 17.7 Å². The Balaban J connectivity index is 1.36. The summed E-state index contributed by atoms with van der Waals surface area (Å²) in [6, 6.07) is 7.31. The minimum Gasteiger partial charge on any atom is -0.486 e. The van der Waals surface area contributed by atoms with Crippen LogP contribution in [0.15, 0.2) is 29.6 Å². The molecule has 0 radical (unpaired) electrons. The van der Waals surface area contributed by atoms with Gasteiger partial charge in [-0.05, 0) is 42.0 Å². The highest BCUT2D eigenvalue weighted by atomic mass is 35.5. The zero-order valence-corrected chi connectivity index (χ0v) is 16.9. The molecule has 8 heteroatoms. The number of nitrogens with one attached hydrogen (secondary N) is 1. The summed E-state index contributed by atoms with van der Waals surface area (Å²) in [6.45, 7) is 2.45. The Morgan fingerprint density at radius 3 is 2.96 bits per heavy atom.